The predicted octanol–water partition coefficient (Wildman–Crippen LogP) is 3.85. The average Bonchev–Trinajstić information content (AvgIpc) is 2.15. The fraction of sp³-hybridized carbons (Fsp3) is 0.533. The van der Waals surface area contributed by atoms with Crippen LogP contribution in [0.25, 0.3) is 0 Å². The summed E-state index contributed by atoms with van der Waals surface area (Å²) in [5.41, 5.74) is 3.36. The topological polar surface area (TPSA) is 32.6 Å². The monoisotopic (exact) mass is 233 g/mol. The van der Waals surface area contributed by atoms with Gasteiger partial charge in [-0.3, -0.25) is 4.99 Å². The zero-order valence-corrected chi connectivity index (χ0v) is 11.5. The zero-order valence-electron chi connectivity index (χ0n) is 11.5. The molecule has 0 aliphatic heterocycles. The number of aliphatic hydroxyl groups is 1. The number of hydrogen-bond donors (Lipinski definition) is 1. The van der Waals surface area contributed by atoms with Crippen LogP contribution in [0.5, 0.6) is 0 Å². The van der Waals surface area contributed by atoms with Gasteiger partial charge in [-0.2, -0.15) is 0 Å². The minimum atomic E-state index is -0.329. The van der Waals surface area contributed by atoms with Crippen LogP contribution in [0.15, 0.2) is 29.3 Å². The summed E-state index contributed by atoms with van der Waals surface area (Å²) in [5, 5.41) is 9.30. The minimum Gasteiger partial charge on any atom is -0.393 e. The van der Waals surface area contributed by atoms with E-state index in [4.69, 9.17) is 0 Å². The molecule has 1 aromatic rings. The molecule has 1 unspecified atom stereocenters. The Labute approximate surface area is 104 Å². The first-order valence-electron chi connectivity index (χ1n) is 6.12. The van der Waals surface area contributed by atoms with Crippen LogP contribution in [0.2, 0.25) is 0 Å². The van der Waals surface area contributed by atoms with E-state index in [1.54, 1.807) is 6.92 Å². The minimum absolute atomic E-state index is 0.143. The van der Waals surface area contributed by atoms with Crippen molar-refractivity contribution in [2.75, 3.05) is 0 Å². The van der Waals surface area contributed by atoms with Crippen LogP contribution in [0.4, 0.5) is 5.69 Å². The summed E-state index contributed by atoms with van der Waals surface area (Å²) in [5.74, 6) is 0. The van der Waals surface area contributed by atoms with Gasteiger partial charge in [-0.25, -0.2) is 0 Å². The summed E-state index contributed by atoms with van der Waals surface area (Å²) >= 11 is 0. The average molecular weight is 233 g/mol. The first kappa shape index (κ1) is 13.9. The Kier molecular flexibility index (Phi) is 4.47. The molecule has 0 amide bonds. The second-order valence-corrected chi connectivity index (χ2v) is 5.70. The van der Waals surface area contributed by atoms with E-state index in [9.17, 15) is 5.11 Å². The predicted molar refractivity (Wildman–Crippen MR) is 74.2 cm³/mol. The lowest BCUT2D eigenvalue weighted by Gasteiger charge is -2.19. The maximum absolute atomic E-state index is 9.30. The van der Waals surface area contributed by atoms with Gasteiger partial charge in [0, 0.05) is 12.1 Å². The molecule has 0 bridgehead atoms. The number of aliphatic hydroxyl groups excluding tert-OH is 1. The Hall–Kier alpha value is -1.15. The highest BCUT2D eigenvalue weighted by Gasteiger charge is 2.13. The molecule has 2 nitrogen and oxygen atoms in total. The number of rotatable bonds is 3. The van der Waals surface area contributed by atoms with Gasteiger partial charge in [0.2, 0.25) is 0 Å². The molecule has 1 aromatic carbocycles. The van der Waals surface area contributed by atoms with Crippen LogP contribution in [0.1, 0.15) is 46.6 Å². The summed E-state index contributed by atoms with van der Waals surface area (Å²) < 4.78 is 0. The van der Waals surface area contributed by atoms with Crippen molar-refractivity contribution in [2.45, 2.75) is 52.6 Å². The van der Waals surface area contributed by atoms with Crippen molar-refractivity contribution in [2.24, 2.45) is 4.99 Å². The second kappa shape index (κ2) is 5.46. The molecule has 0 saturated heterocycles. The molecule has 0 aliphatic rings. The van der Waals surface area contributed by atoms with Crippen molar-refractivity contribution in [3.8, 4) is 0 Å². The van der Waals surface area contributed by atoms with E-state index >= 15 is 0 Å². The van der Waals surface area contributed by atoms with Gasteiger partial charge in [-0.05, 0) is 37.0 Å². The van der Waals surface area contributed by atoms with Gasteiger partial charge in [0.05, 0.1) is 11.8 Å². The molecule has 1 atom stereocenters. The van der Waals surface area contributed by atoms with Crippen molar-refractivity contribution in [1.29, 1.82) is 0 Å². The summed E-state index contributed by atoms with van der Waals surface area (Å²) in [7, 11) is 0. The fourth-order valence-electron chi connectivity index (χ4n) is 1.74. The molecule has 0 aliphatic carbocycles. The molecule has 1 N–H and O–H groups in total. The van der Waals surface area contributed by atoms with Crippen LogP contribution >= 0.6 is 0 Å². The lowest BCUT2D eigenvalue weighted by Crippen LogP contribution is -2.10. The van der Waals surface area contributed by atoms with Crippen molar-refractivity contribution in [3.63, 3.8) is 0 Å². The molecule has 94 valence electrons. The van der Waals surface area contributed by atoms with Gasteiger partial charge in [0.25, 0.3) is 0 Å². The van der Waals surface area contributed by atoms with Gasteiger partial charge in [-0.15, -0.1) is 0 Å². The molecule has 0 spiro atoms. The van der Waals surface area contributed by atoms with Gasteiger partial charge in [-0.1, -0.05) is 32.9 Å². The molecule has 0 saturated carbocycles. The molecule has 1 rings (SSSR count). The molecular weight excluding hydrogens is 210 g/mol. The second-order valence-electron chi connectivity index (χ2n) is 5.70. The highest BCUT2D eigenvalue weighted by Crippen LogP contribution is 2.26. The number of benzene rings is 1. The van der Waals surface area contributed by atoms with Gasteiger partial charge in [0.1, 0.15) is 0 Å². The molecule has 0 aromatic heterocycles. The third-order valence-electron chi connectivity index (χ3n) is 2.62. The number of hydrogen-bond acceptors (Lipinski definition) is 2. The van der Waals surface area contributed by atoms with Crippen LogP contribution in [-0.2, 0) is 5.41 Å². The Balaban J connectivity index is 2.93. The number of nitrogens with zero attached hydrogens (tertiary/aromatic N) is 1. The van der Waals surface area contributed by atoms with E-state index in [2.05, 4.69) is 37.9 Å². The van der Waals surface area contributed by atoms with E-state index in [1.807, 2.05) is 19.1 Å². The maximum atomic E-state index is 9.30. The van der Waals surface area contributed by atoms with E-state index in [-0.39, 0.29) is 11.5 Å². The zero-order chi connectivity index (χ0) is 13.1. The van der Waals surface area contributed by atoms with Crippen molar-refractivity contribution in [1.82, 2.24) is 0 Å². The van der Waals surface area contributed by atoms with E-state index in [1.165, 1.54) is 5.56 Å². The quantitative estimate of drug-likeness (QED) is 0.790. The summed E-state index contributed by atoms with van der Waals surface area (Å²) in [6.45, 7) is 10.3. The largest absolute Gasteiger partial charge is 0.393 e. The Morgan fingerprint density at radius 2 is 2.00 bits per heavy atom. The number of aliphatic imine (C=N–C) groups is 1. The Morgan fingerprint density at radius 1 is 1.35 bits per heavy atom. The smallest absolute Gasteiger partial charge is 0.0631 e. The standard InChI is InChI=1S/C15H23NO/c1-11(9-12(2)17)16-14-8-6-7-13(10-14)15(3,4)5/h6-8,10,12,17H,9H2,1-5H3. The maximum Gasteiger partial charge on any atom is 0.0631 e. The lowest BCUT2D eigenvalue weighted by atomic mass is 9.87. The van der Waals surface area contributed by atoms with Crippen LogP contribution < -0.4 is 0 Å². The summed E-state index contributed by atoms with van der Waals surface area (Å²) in [4.78, 5) is 4.53. The first-order chi connectivity index (χ1) is 7.79. The van der Waals surface area contributed by atoms with Crippen LogP contribution in [0.3, 0.4) is 0 Å². The third-order valence-corrected chi connectivity index (χ3v) is 2.62. The molecule has 0 fully saturated rings. The lowest BCUT2D eigenvalue weighted by molar-refractivity contribution is 0.203. The van der Waals surface area contributed by atoms with Crippen LogP contribution in [-0.4, -0.2) is 16.9 Å². The SMILES string of the molecule is CC(CC(C)O)=Nc1cccc(C(C)(C)C)c1. The molecule has 2 heteroatoms. The molecule has 17 heavy (non-hydrogen) atoms. The summed E-state index contributed by atoms with van der Waals surface area (Å²) in [6.07, 6.45) is 0.296. The molecule has 0 heterocycles. The van der Waals surface area contributed by atoms with E-state index in [0.29, 0.717) is 6.42 Å². The first-order valence-corrected chi connectivity index (χ1v) is 6.12. The summed E-state index contributed by atoms with van der Waals surface area (Å²) in [6, 6.07) is 8.28. The highest BCUT2D eigenvalue weighted by molar-refractivity contribution is 5.84. The van der Waals surface area contributed by atoms with Crippen molar-refractivity contribution >= 4 is 11.4 Å². The van der Waals surface area contributed by atoms with Gasteiger partial charge < -0.3 is 5.11 Å². The van der Waals surface area contributed by atoms with Gasteiger partial charge in [0.15, 0.2) is 0 Å². The normalized spacial score (nSPS) is 14.8. The van der Waals surface area contributed by atoms with E-state index in [0.717, 1.165) is 11.4 Å². The van der Waals surface area contributed by atoms with E-state index < -0.39 is 0 Å². The Morgan fingerprint density at radius 3 is 2.53 bits per heavy atom. The van der Waals surface area contributed by atoms with Crippen molar-refractivity contribution < 1.29 is 5.11 Å². The van der Waals surface area contributed by atoms with Crippen LogP contribution in [0, 0.1) is 0 Å². The fourth-order valence-corrected chi connectivity index (χ4v) is 1.74. The van der Waals surface area contributed by atoms with Crippen molar-refractivity contribution in [3.05, 3.63) is 29.8 Å². The third kappa shape index (κ3) is 4.70. The molecular formula is C15H23NO. The van der Waals surface area contributed by atoms with Gasteiger partial charge >= 0.3 is 0 Å². The highest BCUT2D eigenvalue weighted by atomic mass is 16.3. The Bertz CT molecular complexity index is 400. The molecule has 0 radical (unpaired) electrons.